The molecule has 0 N–H and O–H groups in total. The highest BCUT2D eigenvalue weighted by Gasteiger charge is 2.10. The molecule has 2 aliphatic rings. The third-order valence-electron chi connectivity index (χ3n) is 3.18. The van der Waals surface area contributed by atoms with Gasteiger partial charge >= 0.3 is 0 Å². The van der Waals surface area contributed by atoms with Crippen molar-refractivity contribution in [3.63, 3.8) is 0 Å². The second-order valence-electron chi connectivity index (χ2n) is 4.30. The van der Waals surface area contributed by atoms with E-state index in [1.807, 2.05) is 29.1 Å². The average Bonchev–Trinajstić information content (AvgIpc) is 3.02. The van der Waals surface area contributed by atoms with Gasteiger partial charge in [-0.1, -0.05) is 18.2 Å². The lowest BCUT2D eigenvalue weighted by atomic mass is 10.2. The van der Waals surface area contributed by atoms with E-state index in [1.165, 1.54) is 0 Å². The number of benzene rings is 1. The maximum atomic E-state index is 5.18. The van der Waals surface area contributed by atoms with Crippen LogP contribution in [-0.4, -0.2) is 9.78 Å². The summed E-state index contributed by atoms with van der Waals surface area (Å²) in [7, 11) is 0. The van der Waals surface area contributed by atoms with Crippen molar-refractivity contribution in [3.05, 3.63) is 61.2 Å². The van der Waals surface area contributed by atoms with E-state index < -0.39 is 0 Å². The molecular weight excluding hydrogens is 224 g/mol. The Balaban J connectivity index is 2.00. The van der Waals surface area contributed by atoms with Crippen LogP contribution >= 0.6 is 0 Å². The van der Waals surface area contributed by atoms with Crippen molar-refractivity contribution in [1.29, 1.82) is 0 Å². The van der Waals surface area contributed by atoms with Crippen LogP contribution in [0, 0.1) is 0 Å². The first kappa shape index (κ1) is 9.48. The van der Waals surface area contributed by atoms with E-state index in [4.69, 9.17) is 4.42 Å². The molecule has 3 nitrogen and oxygen atoms in total. The molecule has 86 valence electrons. The Hall–Kier alpha value is -2.55. The van der Waals surface area contributed by atoms with E-state index >= 15 is 0 Å². The molecule has 1 aliphatic heterocycles. The Morgan fingerprint density at radius 3 is 2.83 bits per heavy atom. The van der Waals surface area contributed by atoms with Gasteiger partial charge in [-0.2, -0.15) is 5.10 Å². The number of rotatable bonds is 1. The summed E-state index contributed by atoms with van der Waals surface area (Å²) < 4.78 is 7.13. The standard InChI is InChI=1S/C15H10N2O/c1-2-4-15-12(3-1)9-16-17(15)14-7-11-5-6-18-10-13(11)8-14/h1-10H. The highest BCUT2D eigenvalue weighted by atomic mass is 16.3. The molecule has 0 bridgehead atoms. The summed E-state index contributed by atoms with van der Waals surface area (Å²) in [6, 6.07) is 14.3. The number of para-hydroxylation sites is 1. The number of fused-ring (bicyclic) bond motifs is 2. The first-order chi connectivity index (χ1) is 8.92. The van der Waals surface area contributed by atoms with E-state index in [1.54, 1.807) is 12.5 Å². The van der Waals surface area contributed by atoms with Gasteiger partial charge in [0, 0.05) is 10.9 Å². The molecule has 18 heavy (non-hydrogen) atoms. The van der Waals surface area contributed by atoms with E-state index in [2.05, 4.69) is 29.4 Å². The largest absolute Gasteiger partial charge is 0.472 e. The summed E-state index contributed by atoms with van der Waals surface area (Å²) in [6.45, 7) is 0. The van der Waals surface area contributed by atoms with E-state index in [9.17, 15) is 0 Å². The molecular formula is C15H10N2O. The molecule has 4 rings (SSSR count). The lowest BCUT2D eigenvalue weighted by Gasteiger charge is -1.98. The van der Waals surface area contributed by atoms with Gasteiger partial charge in [-0.15, -0.1) is 0 Å². The van der Waals surface area contributed by atoms with Gasteiger partial charge in [0.15, 0.2) is 0 Å². The van der Waals surface area contributed by atoms with Crippen LogP contribution in [0.15, 0.2) is 65.6 Å². The SMILES string of the molecule is c1ccc2c(c1)cnn2-c1cc2ccocc-2c1. The second kappa shape index (κ2) is 3.47. The van der Waals surface area contributed by atoms with Crippen LogP contribution in [-0.2, 0) is 0 Å². The van der Waals surface area contributed by atoms with Crippen molar-refractivity contribution < 1.29 is 4.42 Å². The van der Waals surface area contributed by atoms with Crippen molar-refractivity contribution in [2.24, 2.45) is 0 Å². The molecule has 0 radical (unpaired) electrons. The van der Waals surface area contributed by atoms with Crippen LogP contribution in [0.5, 0.6) is 0 Å². The Morgan fingerprint density at radius 2 is 1.89 bits per heavy atom. The fraction of sp³-hybridized carbons (Fsp3) is 0. The highest BCUT2D eigenvalue weighted by molar-refractivity contribution is 5.81. The topological polar surface area (TPSA) is 31.0 Å². The summed E-state index contributed by atoms with van der Waals surface area (Å²) in [5.41, 5.74) is 4.43. The number of nitrogens with zero attached hydrogens (tertiary/aromatic N) is 2. The van der Waals surface area contributed by atoms with E-state index in [0.29, 0.717) is 0 Å². The molecule has 1 aliphatic carbocycles. The lowest BCUT2D eigenvalue weighted by molar-refractivity contribution is 0.552. The lowest BCUT2D eigenvalue weighted by Crippen LogP contribution is -1.92. The molecule has 1 aromatic carbocycles. The van der Waals surface area contributed by atoms with Crippen LogP contribution in [0.2, 0.25) is 0 Å². The predicted molar refractivity (Wildman–Crippen MR) is 70.0 cm³/mol. The fourth-order valence-electron chi connectivity index (χ4n) is 2.30. The van der Waals surface area contributed by atoms with Gasteiger partial charge in [0.2, 0.25) is 0 Å². The van der Waals surface area contributed by atoms with Crippen molar-refractivity contribution in [2.45, 2.75) is 0 Å². The van der Waals surface area contributed by atoms with Gasteiger partial charge in [0.05, 0.1) is 29.9 Å². The van der Waals surface area contributed by atoms with Crippen molar-refractivity contribution in [3.8, 4) is 16.8 Å². The molecule has 0 unspecified atom stereocenters. The van der Waals surface area contributed by atoms with Gasteiger partial charge in [0.1, 0.15) is 0 Å². The summed E-state index contributed by atoms with van der Waals surface area (Å²) >= 11 is 0. The zero-order valence-corrected chi connectivity index (χ0v) is 9.58. The third-order valence-corrected chi connectivity index (χ3v) is 3.18. The first-order valence-electron chi connectivity index (χ1n) is 5.81. The Kier molecular flexibility index (Phi) is 1.83. The van der Waals surface area contributed by atoms with E-state index in [-0.39, 0.29) is 0 Å². The quantitative estimate of drug-likeness (QED) is 0.502. The Morgan fingerprint density at radius 1 is 1.00 bits per heavy atom. The minimum atomic E-state index is 1.06. The van der Waals surface area contributed by atoms with Gasteiger partial charge in [-0.05, 0) is 29.8 Å². The Bertz CT molecular complexity index is 767. The molecule has 1 aromatic heterocycles. The second-order valence-corrected chi connectivity index (χ2v) is 4.30. The average molecular weight is 234 g/mol. The molecule has 0 fully saturated rings. The molecule has 2 heterocycles. The van der Waals surface area contributed by atoms with Crippen molar-refractivity contribution in [2.75, 3.05) is 0 Å². The van der Waals surface area contributed by atoms with Crippen LogP contribution in [0.1, 0.15) is 0 Å². The van der Waals surface area contributed by atoms with Gasteiger partial charge in [-0.25, -0.2) is 4.68 Å². The molecule has 0 amide bonds. The smallest absolute Gasteiger partial charge is 0.0980 e. The van der Waals surface area contributed by atoms with Gasteiger partial charge < -0.3 is 4.42 Å². The normalized spacial score (nSPS) is 11.3. The summed E-state index contributed by atoms with van der Waals surface area (Å²) in [5.74, 6) is 0. The molecule has 2 aromatic rings. The molecule has 0 saturated carbocycles. The molecule has 0 spiro atoms. The van der Waals surface area contributed by atoms with Crippen LogP contribution < -0.4 is 0 Å². The van der Waals surface area contributed by atoms with Crippen LogP contribution in [0.4, 0.5) is 0 Å². The maximum absolute atomic E-state index is 5.18. The van der Waals surface area contributed by atoms with Crippen molar-refractivity contribution in [1.82, 2.24) is 9.78 Å². The third kappa shape index (κ3) is 1.27. The molecule has 0 atom stereocenters. The highest BCUT2D eigenvalue weighted by Crippen LogP contribution is 2.29. The maximum Gasteiger partial charge on any atom is 0.0980 e. The predicted octanol–water partition coefficient (Wildman–Crippen LogP) is 3.72. The van der Waals surface area contributed by atoms with E-state index in [0.717, 1.165) is 27.7 Å². The van der Waals surface area contributed by atoms with Crippen molar-refractivity contribution >= 4 is 10.9 Å². The minimum absolute atomic E-state index is 1.06. The monoisotopic (exact) mass is 234 g/mol. The zero-order valence-electron chi connectivity index (χ0n) is 9.58. The fourth-order valence-corrected chi connectivity index (χ4v) is 2.30. The van der Waals surface area contributed by atoms with Gasteiger partial charge in [0.25, 0.3) is 0 Å². The Labute approximate surface area is 104 Å². The molecule has 0 saturated heterocycles. The number of hydrogen-bond acceptors (Lipinski definition) is 2. The minimum Gasteiger partial charge on any atom is -0.472 e. The van der Waals surface area contributed by atoms with Crippen LogP contribution in [0.25, 0.3) is 27.7 Å². The summed E-state index contributed by atoms with van der Waals surface area (Å²) in [4.78, 5) is 0. The summed E-state index contributed by atoms with van der Waals surface area (Å²) in [5, 5.41) is 5.59. The number of aromatic nitrogens is 2. The molecule has 3 heteroatoms. The number of hydrogen-bond donors (Lipinski definition) is 0. The van der Waals surface area contributed by atoms with Gasteiger partial charge in [-0.3, -0.25) is 0 Å². The zero-order chi connectivity index (χ0) is 11.9. The first-order valence-corrected chi connectivity index (χ1v) is 5.81. The van der Waals surface area contributed by atoms with Crippen LogP contribution in [0.3, 0.4) is 0 Å². The summed E-state index contributed by atoms with van der Waals surface area (Å²) in [6.07, 6.45) is 5.33.